The van der Waals surface area contributed by atoms with Crippen LogP contribution in [0.15, 0.2) is 39.7 Å². The molecule has 5 nitrogen and oxygen atoms in total. The summed E-state index contributed by atoms with van der Waals surface area (Å²) >= 11 is 0. The van der Waals surface area contributed by atoms with Gasteiger partial charge in [0.25, 0.3) is 11.5 Å². The molecule has 0 N–H and O–H groups in total. The predicted octanol–water partition coefficient (Wildman–Crippen LogP) is 2.01. The Balaban J connectivity index is 1.65. The number of aromatic nitrogens is 1. The summed E-state index contributed by atoms with van der Waals surface area (Å²) in [7, 11) is 0. The first-order valence-electron chi connectivity index (χ1n) is 7.66. The third-order valence-corrected chi connectivity index (χ3v) is 4.86. The van der Waals surface area contributed by atoms with Gasteiger partial charge in [0.1, 0.15) is 5.76 Å². The Morgan fingerprint density at radius 1 is 1.23 bits per heavy atom. The van der Waals surface area contributed by atoms with E-state index in [0.29, 0.717) is 36.9 Å². The zero-order chi connectivity index (χ0) is 15.3. The first-order valence-corrected chi connectivity index (χ1v) is 7.66. The Labute approximate surface area is 128 Å². The van der Waals surface area contributed by atoms with Crippen molar-refractivity contribution < 1.29 is 9.21 Å². The number of carbonyl (C=O) groups is 1. The van der Waals surface area contributed by atoms with Crippen LogP contribution in [-0.2, 0) is 6.54 Å². The molecule has 2 aromatic heterocycles. The molecule has 1 fully saturated rings. The number of rotatable bonds is 1. The van der Waals surface area contributed by atoms with Crippen LogP contribution < -0.4 is 5.56 Å². The molecule has 5 heteroatoms. The molecule has 2 bridgehead atoms. The number of furan rings is 1. The molecule has 0 unspecified atom stereocenters. The summed E-state index contributed by atoms with van der Waals surface area (Å²) in [6.45, 7) is 3.90. The van der Waals surface area contributed by atoms with E-state index in [1.165, 1.54) is 0 Å². The van der Waals surface area contributed by atoms with E-state index in [2.05, 4.69) is 0 Å². The largest absolute Gasteiger partial charge is 0.469 e. The van der Waals surface area contributed by atoms with Crippen molar-refractivity contribution in [1.29, 1.82) is 0 Å². The first kappa shape index (κ1) is 13.4. The van der Waals surface area contributed by atoms with Crippen LogP contribution in [0.2, 0.25) is 0 Å². The lowest BCUT2D eigenvalue weighted by Crippen LogP contribution is -2.49. The number of nitrogens with zero attached hydrogens (tertiary/aromatic N) is 2. The molecule has 2 atom stereocenters. The fourth-order valence-corrected chi connectivity index (χ4v) is 3.84. The van der Waals surface area contributed by atoms with E-state index in [-0.39, 0.29) is 17.4 Å². The Morgan fingerprint density at radius 3 is 2.86 bits per heavy atom. The number of piperidine rings is 1. The quantitative estimate of drug-likeness (QED) is 0.809. The van der Waals surface area contributed by atoms with Gasteiger partial charge in [-0.05, 0) is 31.4 Å². The SMILES string of the molecule is Cc1occc1C(=O)N1C[C@H]2C[C@@H](C1)c1cccc(=O)n1C2. The van der Waals surface area contributed by atoms with E-state index in [1.807, 2.05) is 28.5 Å². The lowest BCUT2D eigenvalue weighted by Gasteiger charge is -2.42. The van der Waals surface area contributed by atoms with Crippen LogP contribution in [0.3, 0.4) is 0 Å². The zero-order valence-electron chi connectivity index (χ0n) is 12.5. The molecule has 0 spiro atoms. The van der Waals surface area contributed by atoms with Crippen molar-refractivity contribution in [1.82, 2.24) is 9.47 Å². The fourth-order valence-electron chi connectivity index (χ4n) is 3.84. The number of likely N-dealkylation sites (tertiary alicyclic amines) is 1. The summed E-state index contributed by atoms with van der Waals surface area (Å²) in [4.78, 5) is 26.6. The maximum Gasteiger partial charge on any atom is 0.257 e. The average Bonchev–Trinajstić information content (AvgIpc) is 2.93. The second kappa shape index (κ2) is 4.87. The molecule has 2 aromatic rings. The molecule has 4 rings (SSSR count). The second-order valence-corrected chi connectivity index (χ2v) is 6.30. The maximum absolute atomic E-state index is 12.7. The first-order chi connectivity index (χ1) is 10.6. The molecule has 2 aliphatic rings. The minimum atomic E-state index is 0.0349. The smallest absolute Gasteiger partial charge is 0.257 e. The Kier molecular flexibility index (Phi) is 2.96. The molecule has 0 aromatic carbocycles. The van der Waals surface area contributed by atoms with Gasteiger partial charge in [0.2, 0.25) is 0 Å². The highest BCUT2D eigenvalue weighted by atomic mass is 16.3. The predicted molar refractivity (Wildman–Crippen MR) is 80.9 cm³/mol. The van der Waals surface area contributed by atoms with Crippen LogP contribution in [-0.4, -0.2) is 28.5 Å². The highest BCUT2D eigenvalue weighted by molar-refractivity contribution is 5.95. The Bertz CT molecular complexity index is 789. The number of amides is 1. The summed E-state index contributed by atoms with van der Waals surface area (Å²) in [6, 6.07) is 7.18. The average molecular weight is 298 g/mol. The molecule has 2 aliphatic heterocycles. The third kappa shape index (κ3) is 2.00. The van der Waals surface area contributed by atoms with Crippen molar-refractivity contribution in [2.24, 2.45) is 5.92 Å². The summed E-state index contributed by atoms with van der Waals surface area (Å²) in [5.41, 5.74) is 1.77. The molecule has 0 saturated carbocycles. The Morgan fingerprint density at radius 2 is 2.09 bits per heavy atom. The van der Waals surface area contributed by atoms with Crippen LogP contribution in [0.4, 0.5) is 0 Å². The van der Waals surface area contributed by atoms with Crippen LogP contribution in [0.1, 0.15) is 34.2 Å². The molecule has 22 heavy (non-hydrogen) atoms. The van der Waals surface area contributed by atoms with Crippen molar-refractivity contribution in [3.05, 3.63) is 57.9 Å². The summed E-state index contributed by atoms with van der Waals surface area (Å²) in [5, 5.41) is 0. The monoisotopic (exact) mass is 298 g/mol. The summed E-state index contributed by atoms with van der Waals surface area (Å²) < 4.78 is 7.13. The molecule has 1 amide bonds. The van der Waals surface area contributed by atoms with Gasteiger partial charge in [-0.15, -0.1) is 0 Å². The molecule has 114 valence electrons. The van der Waals surface area contributed by atoms with E-state index in [0.717, 1.165) is 12.1 Å². The van der Waals surface area contributed by atoms with E-state index in [9.17, 15) is 9.59 Å². The van der Waals surface area contributed by atoms with Crippen LogP contribution in [0, 0.1) is 12.8 Å². The van der Waals surface area contributed by atoms with E-state index in [4.69, 9.17) is 4.42 Å². The van der Waals surface area contributed by atoms with Crippen molar-refractivity contribution >= 4 is 5.91 Å². The normalized spacial score (nSPS) is 23.2. The van der Waals surface area contributed by atoms with Gasteiger partial charge in [0.15, 0.2) is 0 Å². The molecular weight excluding hydrogens is 280 g/mol. The number of carbonyl (C=O) groups excluding carboxylic acids is 1. The maximum atomic E-state index is 12.7. The van der Waals surface area contributed by atoms with Crippen LogP contribution >= 0.6 is 0 Å². The van der Waals surface area contributed by atoms with Crippen molar-refractivity contribution in [3.8, 4) is 0 Å². The topological polar surface area (TPSA) is 55.5 Å². The number of fused-ring (bicyclic) bond motifs is 4. The molecule has 0 aliphatic carbocycles. The minimum Gasteiger partial charge on any atom is -0.469 e. The second-order valence-electron chi connectivity index (χ2n) is 6.30. The van der Waals surface area contributed by atoms with E-state index < -0.39 is 0 Å². The molecule has 0 radical (unpaired) electrons. The van der Waals surface area contributed by atoms with Gasteiger partial charge in [-0.25, -0.2) is 0 Å². The van der Waals surface area contributed by atoms with Crippen molar-refractivity contribution in [2.75, 3.05) is 13.1 Å². The third-order valence-electron chi connectivity index (χ3n) is 4.86. The van der Waals surface area contributed by atoms with E-state index >= 15 is 0 Å². The molecule has 4 heterocycles. The number of aryl methyl sites for hydroxylation is 1. The van der Waals surface area contributed by atoms with Gasteiger partial charge >= 0.3 is 0 Å². The van der Waals surface area contributed by atoms with Gasteiger partial charge < -0.3 is 13.9 Å². The van der Waals surface area contributed by atoms with Gasteiger partial charge in [0, 0.05) is 37.3 Å². The zero-order valence-corrected chi connectivity index (χ0v) is 12.5. The molecular formula is C17H18N2O3. The molecule has 1 saturated heterocycles. The van der Waals surface area contributed by atoms with Crippen LogP contribution in [0.5, 0.6) is 0 Å². The van der Waals surface area contributed by atoms with Gasteiger partial charge in [0.05, 0.1) is 11.8 Å². The van der Waals surface area contributed by atoms with Gasteiger partial charge in [-0.1, -0.05) is 6.07 Å². The summed E-state index contributed by atoms with van der Waals surface area (Å²) in [5.74, 6) is 1.30. The lowest BCUT2D eigenvalue weighted by molar-refractivity contribution is 0.0593. The highest BCUT2D eigenvalue weighted by Crippen LogP contribution is 2.35. The van der Waals surface area contributed by atoms with Gasteiger partial charge in [-0.3, -0.25) is 9.59 Å². The number of pyridine rings is 1. The van der Waals surface area contributed by atoms with Gasteiger partial charge in [-0.2, -0.15) is 0 Å². The number of hydrogen-bond donors (Lipinski definition) is 0. The highest BCUT2D eigenvalue weighted by Gasteiger charge is 2.36. The fraction of sp³-hybridized carbons (Fsp3) is 0.412. The van der Waals surface area contributed by atoms with Crippen molar-refractivity contribution in [3.63, 3.8) is 0 Å². The van der Waals surface area contributed by atoms with Crippen LogP contribution in [0.25, 0.3) is 0 Å². The van der Waals surface area contributed by atoms with E-state index in [1.54, 1.807) is 18.4 Å². The number of hydrogen-bond acceptors (Lipinski definition) is 3. The lowest BCUT2D eigenvalue weighted by atomic mass is 9.83. The van der Waals surface area contributed by atoms with Crippen molar-refractivity contribution in [2.45, 2.75) is 25.8 Å². The minimum absolute atomic E-state index is 0.0349. The standard InChI is InChI=1S/C17H18N2O3/c1-11-14(5-6-22-11)17(21)18-8-12-7-13(10-18)15-3-2-4-16(20)19(15)9-12/h2-6,12-13H,7-10H2,1H3/t12-,13+/m1/s1. The Hall–Kier alpha value is -2.30. The summed E-state index contributed by atoms with van der Waals surface area (Å²) in [6.07, 6.45) is 2.61.